The second-order valence-corrected chi connectivity index (χ2v) is 6.96. The molecule has 0 amide bonds. The van der Waals surface area contributed by atoms with Crippen LogP contribution in [-0.2, 0) is 11.2 Å². The number of carboxylic acids is 1. The number of aliphatic carboxylic acids is 1. The van der Waals surface area contributed by atoms with Crippen LogP contribution in [0.15, 0.2) is 30.5 Å². The monoisotopic (exact) mass is 341 g/mol. The molecule has 5 nitrogen and oxygen atoms in total. The Kier molecular flexibility index (Phi) is 5.53. The molecule has 0 radical (unpaired) electrons. The minimum Gasteiger partial charge on any atom is -0.480 e. The number of fused-ring (bicyclic) bond motifs is 1. The van der Waals surface area contributed by atoms with Crippen molar-refractivity contribution in [2.45, 2.75) is 38.6 Å². The lowest BCUT2D eigenvalue weighted by atomic mass is 10.0. The third-order valence-electron chi connectivity index (χ3n) is 5.13. The van der Waals surface area contributed by atoms with Gasteiger partial charge in [0.2, 0.25) is 0 Å². The lowest BCUT2D eigenvalue weighted by Gasteiger charge is -2.37. The van der Waals surface area contributed by atoms with E-state index < -0.39 is 5.97 Å². The molecule has 0 saturated carbocycles. The van der Waals surface area contributed by atoms with Crippen LogP contribution in [-0.4, -0.2) is 53.7 Å². The van der Waals surface area contributed by atoms with Crippen LogP contribution in [0.5, 0.6) is 0 Å². The third-order valence-corrected chi connectivity index (χ3v) is 5.13. The highest BCUT2D eigenvalue weighted by molar-refractivity contribution is 5.92. The van der Waals surface area contributed by atoms with Crippen molar-refractivity contribution in [1.29, 1.82) is 0 Å². The molecular formula is C20H27N3O2. The van der Waals surface area contributed by atoms with Crippen molar-refractivity contribution >= 4 is 22.6 Å². The van der Waals surface area contributed by atoms with Crippen molar-refractivity contribution in [2.75, 3.05) is 31.6 Å². The fourth-order valence-corrected chi connectivity index (χ4v) is 3.79. The first kappa shape index (κ1) is 17.7. The molecule has 134 valence electrons. The average Bonchev–Trinajstić information content (AvgIpc) is 2.61. The Bertz CT molecular complexity index is 739. The lowest BCUT2D eigenvalue weighted by molar-refractivity contribution is -0.138. The summed E-state index contributed by atoms with van der Waals surface area (Å²) in [7, 11) is 1.91. The maximum atomic E-state index is 10.9. The topological polar surface area (TPSA) is 56.7 Å². The van der Waals surface area contributed by atoms with Gasteiger partial charge in [0.15, 0.2) is 0 Å². The van der Waals surface area contributed by atoms with E-state index in [1.807, 2.05) is 18.1 Å². The molecule has 25 heavy (non-hydrogen) atoms. The van der Waals surface area contributed by atoms with Crippen LogP contribution in [0.3, 0.4) is 0 Å². The van der Waals surface area contributed by atoms with E-state index in [9.17, 15) is 4.79 Å². The van der Waals surface area contributed by atoms with E-state index in [1.54, 1.807) is 0 Å². The standard InChI is InChI=1S/C20H27N3O2/c1-3-4-15-5-6-18-17(13-15)19(7-10-21-18)23-11-8-16(9-12-23)22(2)14-20(24)25/h5-7,10,13,16H,3-4,8-9,11-12,14H2,1-2H3,(H,24,25). The van der Waals surface area contributed by atoms with Crippen molar-refractivity contribution in [3.05, 3.63) is 36.0 Å². The molecule has 3 rings (SSSR count). The zero-order chi connectivity index (χ0) is 17.8. The van der Waals surface area contributed by atoms with Gasteiger partial charge in [0, 0.05) is 36.4 Å². The molecule has 1 fully saturated rings. The first-order valence-corrected chi connectivity index (χ1v) is 9.13. The van der Waals surface area contributed by atoms with E-state index in [1.165, 1.54) is 16.6 Å². The lowest BCUT2D eigenvalue weighted by Crippen LogP contribution is -2.45. The molecule has 0 bridgehead atoms. The van der Waals surface area contributed by atoms with Crippen molar-refractivity contribution in [3.8, 4) is 0 Å². The van der Waals surface area contributed by atoms with Gasteiger partial charge in [-0.05, 0) is 50.1 Å². The summed E-state index contributed by atoms with van der Waals surface area (Å²) in [5.41, 5.74) is 3.66. The number of carbonyl (C=O) groups is 1. The fourth-order valence-electron chi connectivity index (χ4n) is 3.79. The number of likely N-dealkylation sites (N-methyl/N-ethyl adjacent to an activating group) is 1. The van der Waals surface area contributed by atoms with Crippen LogP contribution in [0.2, 0.25) is 0 Å². The van der Waals surface area contributed by atoms with Crippen LogP contribution in [0.25, 0.3) is 10.9 Å². The summed E-state index contributed by atoms with van der Waals surface area (Å²) in [4.78, 5) is 19.8. The van der Waals surface area contributed by atoms with Gasteiger partial charge in [0.1, 0.15) is 0 Å². The Balaban J connectivity index is 1.76. The molecule has 2 heterocycles. The third kappa shape index (κ3) is 4.10. The first-order valence-electron chi connectivity index (χ1n) is 9.13. The maximum absolute atomic E-state index is 10.9. The van der Waals surface area contributed by atoms with Gasteiger partial charge in [-0.1, -0.05) is 19.4 Å². The summed E-state index contributed by atoms with van der Waals surface area (Å²) in [5.74, 6) is -0.756. The summed E-state index contributed by atoms with van der Waals surface area (Å²) in [6.07, 6.45) is 6.10. The van der Waals surface area contributed by atoms with Gasteiger partial charge in [-0.25, -0.2) is 0 Å². The first-order chi connectivity index (χ1) is 12.1. The molecule has 5 heteroatoms. The van der Waals surface area contributed by atoms with E-state index in [2.05, 4.69) is 41.1 Å². The van der Waals surface area contributed by atoms with E-state index in [0.717, 1.165) is 44.3 Å². The molecule has 1 saturated heterocycles. The number of nitrogens with zero attached hydrogens (tertiary/aromatic N) is 3. The van der Waals surface area contributed by atoms with Crippen molar-refractivity contribution in [1.82, 2.24) is 9.88 Å². The van der Waals surface area contributed by atoms with Gasteiger partial charge in [0.05, 0.1) is 12.1 Å². The van der Waals surface area contributed by atoms with Crippen LogP contribution in [0.4, 0.5) is 5.69 Å². The fraction of sp³-hybridized carbons (Fsp3) is 0.500. The van der Waals surface area contributed by atoms with Crippen molar-refractivity contribution < 1.29 is 9.90 Å². The van der Waals surface area contributed by atoms with Gasteiger partial charge in [0.25, 0.3) is 0 Å². The number of anilines is 1. The number of aryl methyl sites for hydroxylation is 1. The smallest absolute Gasteiger partial charge is 0.317 e. The van der Waals surface area contributed by atoms with Gasteiger partial charge < -0.3 is 10.0 Å². The number of hydrogen-bond donors (Lipinski definition) is 1. The zero-order valence-electron chi connectivity index (χ0n) is 15.1. The van der Waals surface area contributed by atoms with E-state index in [-0.39, 0.29) is 6.54 Å². The number of pyridine rings is 1. The summed E-state index contributed by atoms with van der Waals surface area (Å²) < 4.78 is 0. The number of carboxylic acid groups (broad SMARTS) is 1. The minimum absolute atomic E-state index is 0.114. The van der Waals surface area contributed by atoms with Crippen LogP contribution < -0.4 is 4.90 Å². The predicted molar refractivity (Wildman–Crippen MR) is 101 cm³/mol. The number of rotatable bonds is 6. The largest absolute Gasteiger partial charge is 0.480 e. The molecule has 0 unspecified atom stereocenters. The molecule has 0 atom stereocenters. The van der Waals surface area contributed by atoms with Gasteiger partial charge in [-0.15, -0.1) is 0 Å². The van der Waals surface area contributed by atoms with Gasteiger partial charge in [-0.2, -0.15) is 0 Å². The summed E-state index contributed by atoms with van der Waals surface area (Å²) in [6.45, 7) is 4.22. The molecular weight excluding hydrogens is 314 g/mol. The summed E-state index contributed by atoms with van der Waals surface area (Å²) in [6, 6.07) is 9.03. The molecule has 1 aromatic carbocycles. The van der Waals surface area contributed by atoms with Crippen molar-refractivity contribution in [2.24, 2.45) is 0 Å². The Morgan fingerprint density at radius 3 is 2.76 bits per heavy atom. The van der Waals surface area contributed by atoms with E-state index >= 15 is 0 Å². The van der Waals surface area contributed by atoms with Crippen molar-refractivity contribution in [3.63, 3.8) is 0 Å². The molecule has 0 aliphatic carbocycles. The zero-order valence-corrected chi connectivity index (χ0v) is 15.1. The second-order valence-electron chi connectivity index (χ2n) is 6.96. The van der Waals surface area contributed by atoms with Crippen LogP contribution in [0, 0.1) is 0 Å². The summed E-state index contributed by atoms with van der Waals surface area (Å²) in [5, 5.41) is 10.2. The highest BCUT2D eigenvalue weighted by Crippen LogP contribution is 2.29. The molecule has 1 aliphatic rings. The highest BCUT2D eigenvalue weighted by Gasteiger charge is 2.24. The Labute approximate surface area is 149 Å². The van der Waals surface area contributed by atoms with Crippen LogP contribution in [0.1, 0.15) is 31.7 Å². The molecule has 1 aliphatic heterocycles. The van der Waals surface area contributed by atoms with E-state index in [0.29, 0.717) is 6.04 Å². The van der Waals surface area contributed by atoms with Gasteiger partial charge >= 0.3 is 5.97 Å². The van der Waals surface area contributed by atoms with E-state index in [4.69, 9.17) is 5.11 Å². The maximum Gasteiger partial charge on any atom is 0.317 e. The number of piperidine rings is 1. The predicted octanol–water partition coefficient (Wildman–Crippen LogP) is 3.17. The Morgan fingerprint density at radius 2 is 2.08 bits per heavy atom. The second kappa shape index (κ2) is 7.83. The molecule has 2 aromatic rings. The highest BCUT2D eigenvalue weighted by atomic mass is 16.4. The molecule has 1 N–H and O–H groups in total. The number of hydrogen-bond acceptors (Lipinski definition) is 4. The molecule has 1 aromatic heterocycles. The summed E-state index contributed by atoms with van der Waals surface area (Å²) >= 11 is 0. The SMILES string of the molecule is CCCc1ccc2nccc(N3CCC(N(C)CC(=O)O)CC3)c2c1. The quantitative estimate of drug-likeness (QED) is 0.874. The Hall–Kier alpha value is -2.14. The van der Waals surface area contributed by atoms with Gasteiger partial charge in [-0.3, -0.25) is 14.7 Å². The number of aromatic nitrogens is 1. The minimum atomic E-state index is -0.756. The normalized spacial score (nSPS) is 15.9. The van der Waals surface area contributed by atoms with Crippen LogP contribution >= 0.6 is 0 Å². The Morgan fingerprint density at radius 1 is 1.32 bits per heavy atom. The molecule has 0 spiro atoms. The average molecular weight is 341 g/mol. The number of benzene rings is 1.